The van der Waals surface area contributed by atoms with Crippen molar-refractivity contribution < 1.29 is 23.8 Å². The van der Waals surface area contributed by atoms with Crippen molar-refractivity contribution in [2.24, 2.45) is 5.92 Å². The molecule has 0 spiro atoms. The summed E-state index contributed by atoms with van der Waals surface area (Å²) in [6, 6.07) is 19.0. The lowest BCUT2D eigenvalue weighted by atomic mass is 10.0. The quantitative estimate of drug-likeness (QED) is 0.280. The monoisotopic (exact) mass is 572 g/mol. The van der Waals surface area contributed by atoms with Gasteiger partial charge in [-0.05, 0) is 29.2 Å². The van der Waals surface area contributed by atoms with Gasteiger partial charge in [0.2, 0.25) is 5.91 Å². The molecule has 0 fully saturated rings. The summed E-state index contributed by atoms with van der Waals surface area (Å²) < 4.78 is 16.5. The van der Waals surface area contributed by atoms with Crippen LogP contribution >= 0.6 is 23.2 Å². The minimum atomic E-state index is -0.795. The third kappa shape index (κ3) is 9.08. The van der Waals surface area contributed by atoms with Gasteiger partial charge >= 0.3 is 0 Å². The summed E-state index contributed by atoms with van der Waals surface area (Å²) in [5.74, 6) is 1.08. The molecule has 0 heterocycles. The molecule has 0 aliphatic carbocycles. The molecule has 0 aliphatic rings. The van der Waals surface area contributed by atoms with E-state index in [1.807, 2.05) is 44.2 Å². The number of amides is 2. The van der Waals surface area contributed by atoms with Gasteiger partial charge in [0.15, 0.2) is 6.61 Å². The molecule has 0 aromatic heterocycles. The second-order valence-corrected chi connectivity index (χ2v) is 10.3. The number of ether oxygens (including phenoxy) is 3. The number of carbonyl (C=O) groups is 2. The minimum absolute atomic E-state index is 0.132. The standard InChI is InChI=1S/C30H34Cl2N2O5/c1-20(2)17-33-30(36)28(13-21-8-6-5-7-9-21)34(18-22-10-11-26(31)27(32)12-22)29(35)19-39-25-15-23(37-3)14-24(16-25)38-4/h5-12,14-16,20,28H,13,17-19H2,1-4H3,(H,33,36)/t28-/m0/s1. The van der Waals surface area contributed by atoms with Crippen molar-refractivity contribution in [2.75, 3.05) is 27.4 Å². The SMILES string of the molecule is COc1cc(OC)cc(OCC(=O)N(Cc2ccc(Cl)c(Cl)c2)[C@@H](Cc2ccccc2)C(=O)NCC(C)C)c1. The maximum Gasteiger partial charge on any atom is 0.261 e. The van der Waals surface area contributed by atoms with Crippen LogP contribution in [-0.4, -0.2) is 50.1 Å². The largest absolute Gasteiger partial charge is 0.496 e. The van der Waals surface area contributed by atoms with E-state index in [-0.39, 0.29) is 30.9 Å². The Morgan fingerprint density at radius 2 is 1.49 bits per heavy atom. The summed E-state index contributed by atoms with van der Waals surface area (Å²) in [5.41, 5.74) is 1.66. The van der Waals surface area contributed by atoms with E-state index in [2.05, 4.69) is 5.32 Å². The van der Waals surface area contributed by atoms with Crippen LogP contribution in [0, 0.1) is 5.92 Å². The fourth-order valence-corrected chi connectivity index (χ4v) is 4.22. The Hall–Kier alpha value is -3.42. The van der Waals surface area contributed by atoms with Crippen molar-refractivity contribution in [3.63, 3.8) is 0 Å². The summed E-state index contributed by atoms with van der Waals surface area (Å²) >= 11 is 12.4. The third-order valence-electron chi connectivity index (χ3n) is 5.98. The van der Waals surface area contributed by atoms with E-state index in [0.717, 1.165) is 11.1 Å². The average Bonchev–Trinajstić information content (AvgIpc) is 2.94. The summed E-state index contributed by atoms with van der Waals surface area (Å²) in [6.07, 6.45) is 0.324. The zero-order valence-corrected chi connectivity index (χ0v) is 24.1. The lowest BCUT2D eigenvalue weighted by Crippen LogP contribution is -2.52. The van der Waals surface area contributed by atoms with E-state index in [1.54, 1.807) is 36.4 Å². The van der Waals surface area contributed by atoms with Gasteiger partial charge in [0.05, 0.1) is 24.3 Å². The first kappa shape index (κ1) is 30.1. The maximum absolute atomic E-state index is 13.8. The number of nitrogens with zero attached hydrogens (tertiary/aromatic N) is 1. The topological polar surface area (TPSA) is 77.1 Å². The summed E-state index contributed by atoms with van der Waals surface area (Å²) in [7, 11) is 3.07. The number of carbonyl (C=O) groups excluding carboxylic acids is 2. The van der Waals surface area contributed by atoms with E-state index in [1.165, 1.54) is 19.1 Å². The van der Waals surface area contributed by atoms with E-state index in [9.17, 15) is 9.59 Å². The molecular formula is C30H34Cl2N2O5. The Kier molecular flexibility index (Phi) is 11.3. The van der Waals surface area contributed by atoms with Crippen molar-refractivity contribution in [3.05, 3.63) is 87.9 Å². The number of benzene rings is 3. The first-order valence-corrected chi connectivity index (χ1v) is 13.4. The first-order valence-electron chi connectivity index (χ1n) is 12.6. The smallest absolute Gasteiger partial charge is 0.261 e. The highest BCUT2D eigenvalue weighted by molar-refractivity contribution is 6.42. The molecule has 0 saturated carbocycles. The predicted octanol–water partition coefficient (Wildman–Crippen LogP) is 5.80. The van der Waals surface area contributed by atoms with Crippen molar-refractivity contribution in [3.8, 4) is 17.2 Å². The number of nitrogens with one attached hydrogen (secondary N) is 1. The zero-order valence-electron chi connectivity index (χ0n) is 22.6. The van der Waals surface area contributed by atoms with Crippen LogP contribution in [0.4, 0.5) is 0 Å². The fourth-order valence-electron chi connectivity index (χ4n) is 3.90. The second-order valence-electron chi connectivity index (χ2n) is 9.45. The summed E-state index contributed by atoms with van der Waals surface area (Å²) in [4.78, 5) is 28.8. The number of hydrogen-bond acceptors (Lipinski definition) is 5. The molecule has 2 amide bonds. The Bertz CT molecular complexity index is 1230. The summed E-state index contributed by atoms with van der Waals surface area (Å²) in [6.45, 7) is 4.34. The van der Waals surface area contributed by atoms with Gasteiger partial charge in [-0.1, -0.05) is 73.4 Å². The van der Waals surface area contributed by atoms with Crippen molar-refractivity contribution >= 4 is 35.0 Å². The van der Waals surface area contributed by atoms with Crippen LogP contribution in [0.1, 0.15) is 25.0 Å². The van der Waals surface area contributed by atoms with Gasteiger partial charge < -0.3 is 24.4 Å². The van der Waals surface area contributed by atoms with Crippen LogP contribution in [0.15, 0.2) is 66.7 Å². The number of rotatable bonds is 13. The van der Waals surface area contributed by atoms with Gasteiger partial charge in [0.1, 0.15) is 23.3 Å². The first-order chi connectivity index (χ1) is 18.7. The maximum atomic E-state index is 13.8. The van der Waals surface area contributed by atoms with Crippen LogP contribution in [-0.2, 0) is 22.6 Å². The molecule has 0 bridgehead atoms. The Labute approximate surface area is 240 Å². The molecule has 39 heavy (non-hydrogen) atoms. The normalized spacial score (nSPS) is 11.6. The van der Waals surface area contributed by atoms with Crippen LogP contribution < -0.4 is 19.5 Å². The molecule has 3 aromatic carbocycles. The Morgan fingerprint density at radius 1 is 0.846 bits per heavy atom. The molecule has 0 unspecified atom stereocenters. The summed E-state index contributed by atoms with van der Waals surface area (Å²) in [5, 5.41) is 3.77. The number of halogens is 2. The zero-order chi connectivity index (χ0) is 28.4. The lowest BCUT2D eigenvalue weighted by Gasteiger charge is -2.32. The van der Waals surface area contributed by atoms with Crippen LogP contribution in [0.5, 0.6) is 17.2 Å². The molecular weight excluding hydrogens is 539 g/mol. The van der Waals surface area contributed by atoms with E-state index < -0.39 is 6.04 Å². The van der Waals surface area contributed by atoms with Gasteiger partial charge in [0.25, 0.3) is 5.91 Å². The molecule has 3 aromatic rings. The molecule has 0 saturated heterocycles. The van der Waals surface area contributed by atoms with Crippen molar-refractivity contribution in [2.45, 2.75) is 32.9 Å². The van der Waals surface area contributed by atoms with Gasteiger partial charge in [0, 0.05) is 37.7 Å². The van der Waals surface area contributed by atoms with E-state index >= 15 is 0 Å². The minimum Gasteiger partial charge on any atom is -0.496 e. The third-order valence-corrected chi connectivity index (χ3v) is 6.72. The highest BCUT2D eigenvalue weighted by Crippen LogP contribution is 2.28. The molecule has 0 radical (unpaired) electrons. The lowest BCUT2D eigenvalue weighted by molar-refractivity contribution is -0.142. The second kappa shape index (κ2) is 14.7. The van der Waals surface area contributed by atoms with Crippen molar-refractivity contribution in [1.29, 1.82) is 0 Å². The number of hydrogen-bond donors (Lipinski definition) is 1. The molecule has 9 heteroatoms. The van der Waals surface area contributed by atoms with Gasteiger partial charge in [-0.2, -0.15) is 0 Å². The molecule has 7 nitrogen and oxygen atoms in total. The van der Waals surface area contributed by atoms with Crippen LogP contribution in [0.2, 0.25) is 10.0 Å². The predicted molar refractivity (Wildman–Crippen MR) is 154 cm³/mol. The van der Waals surface area contributed by atoms with Crippen LogP contribution in [0.25, 0.3) is 0 Å². The van der Waals surface area contributed by atoms with E-state index in [4.69, 9.17) is 37.4 Å². The number of methoxy groups -OCH3 is 2. The van der Waals surface area contributed by atoms with Gasteiger partial charge in [-0.25, -0.2) is 0 Å². The fraction of sp³-hybridized carbons (Fsp3) is 0.333. The molecule has 0 aliphatic heterocycles. The van der Waals surface area contributed by atoms with Crippen LogP contribution in [0.3, 0.4) is 0 Å². The highest BCUT2D eigenvalue weighted by Gasteiger charge is 2.31. The molecule has 1 atom stereocenters. The Balaban J connectivity index is 1.94. The average molecular weight is 574 g/mol. The van der Waals surface area contributed by atoms with Crippen molar-refractivity contribution in [1.82, 2.24) is 10.2 Å². The highest BCUT2D eigenvalue weighted by atomic mass is 35.5. The van der Waals surface area contributed by atoms with Gasteiger partial charge in [-0.15, -0.1) is 0 Å². The Morgan fingerprint density at radius 3 is 2.08 bits per heavy atom. The molecule has 208 valence electrons. The molecule has 1 N–H and O–H groups in total. The van der Waals surface area contributed by atoms with E-state index in [0.29, 0.717) is 40.3 Å². The molecule has 3 rings (SSSR count). The van der Waals surface area contributed by atoms with Gasteiger partial charge in [-0.3, -0.25) is 9.59 Å².